The van der Waals surface area contributed by atoms with Crippen LogP contribution in [0.3, 0.4) is 0 Å². The lowest BCUT2D eigenvalue weighted by atomic mass is 10.0. The van der Waals surface area contributed by atoms with Crippen LogP contribution in [0.2, 0.25) is 0 Å². The second kappa shape index (κ2) is 5.71. The molecule has 122 valence electrons. The van der Waals surface area contributed by atoms with Crippen LogP contribution in [-0.2, 0) is 6.42 Å². The van der Waals surface area contributed by atoms with E-state index in [9.17, 15) is 0 Å². The molecule has 3 nitrogen and oxygen atoms in total. The van der Waals surface area contributed by atoms with E-state index in [1.54, 1.807) is 0 Å². The number of fused-ring (bicyclic) bond motifs is 2. The van der Waals surface area contributed by atoms with Gasteiger partial charge in [-0.15, -0.1) is 0 Å². The molecule has 0 saturated carbocycles. The fraction of sp³-hybridized carbons (Fsp3) is 0.0909. The summed E-state index contributed by atoms with van der Waals surface area (Å²) in [4.78, 5) is 0. The van der Waals surface area contributed by atoms with Gasteiger partial charge in [0.05, 0.1) is 0 Å². The maximum atomic E-state index is 5.99. The fourth-order valence-electron chi connectivity index (χ4n) is 3.24. The van der Waals surface area contributed by atoms with Crippen LogP contribution in [0, 0.1) is 0 Å². The van der Waals surface area contributed by atoms with E-state index in [2.05, 4.69) is 48.5 Å². The van der Waals surface area contributed by atoms with Crippen LogP contribution in [0.4, 0.5) is 0 Å². The molecule has 0 amide bonds. The van der Waals surface area contributed by atoms with Gasteiger partial charge in [0, 0.05) is 11.8 Å². The molecule has 0 bridgehead atoms. The lowest BCUT2D eigenvalue weighted by Crippen LogP contribution is -1.92. The van der Waals surface area contributed by atoms with Crippen molar-refractivity contribution in [2.75, 3.05) is 6.79 Å². The first-order valence-electron chi connectivity index (χ1n) is 8.32. The van der Waals surface area contributed by atoms with Crippen LogP contribution >= 0.6 is 0 Å². The molecule has 4 aromatic rings. The third-order valence-electron chi connectivity index (χ3n) is 4.49. The topological polar surface area (TPSA) is 31.6 Å². The molecule has 0 radical (unpaired) electrons. The first kappa shape index (κ1) is 14.2. The van der Waals surface area contributed by atoms with Crippen molar-refractivity contribution < 1.29 is 13.9 Å². The summed E-state index contributed by atoms with van der Waals surface area (Å²) in [6, 6.07) is 24.8. The summed E-state index contributed by atoms with van der Waals surface area (Å²) in [6.07, 6.45) is 0.800. The average Bonchev–Trinajstić information content (AvgIpc) is 3.27. The summed E-state index contributed by atoms with van der Waals surface area (Å²) < 4.78 is 16.9. The van der Waals surface area contributed by atoms with Gasteiger partial charge in [0.1, 0.15) is 11.3 Å². The Morgan fingerprint density at radius 3 is 2.44 bits per heavy atom. The summed E-state index contributed by atoms with van der Waals surface area (Å²) in [5.41, 5.74) is 4.41. The summed E-state index contributed by atoms with van der Waals surface area (Å²) >= 11 is 0. The van der Waals surface area contributed by atoms with Gasteiger partial charge in [0.15, 0.2) is 11.5 Å². The number of ether oxygens (including phenoxy) is 2. The molecular weight excluding hydrogens is 312 g/mol. The van der Waals surface area contributed by atoms with Crippen molar-refractivity contribution >= 4 is 11.0 Å². The molecule has 0 spiro atoms. The van der Waals surface area contributed by atoms with E-state index in [4.69, 9.17) is 13.9 Å². The van der Waals surface area contributed by atoms with Crippen molar-refractivity contribution in [3.05, 3.63) is 84.1 Å². The van der Waals surface area contributed by atoms with Gasteiger partial charge in [-0.05, 0) is 47.0 Å². The number of hydrogen-bond donors (Lipinski definition) is 0. The predicted octanol–water partition coefficient (Wildman–Crippen LogP) is 5.42. The number of benzene rings is 3. The quantitative estimate of drug-likeness (QED) is 0.503. The van der Waals surface area contributed by atoms with Crippen LogP contribution in [0.25, 0.3) is 22.1 Å². The molecule has 1 aliphatic heterocycles. The van der Waals surface area contributed by atoms with Crippen LogP contribution in [0.1, 0.15) is 11.3 Å². The zero-order chi connectivity index (χ0) is 16.6. The van der Waals surface area contributed by atoms with E-state index in [-0.39, 0.29) is 0 Å². The maximum Gasteiger partial charge on any atom is 0.231 e. The van der Waals surface area contributed by atoms with Crippen molar-refractivity contribution in [2.24, 2.45) is 0 Å². The van der Waals surface area contributed by atoms with Crippen LogP contribution in [0.5, 0.6) is 11.5 Å². The number of hydrogen-bond acceptors (Lipinski definition) is 3. The maximum absolute atomic E-state index is 5.99. The highest BCUT2D eigenvalue weighted by Gasteiger charge is 2.14. The first-order valence-corrected chi connectivity index (χ1v) is 8.32. The molecule has 0 atom stereocenters. The average molecular weight is 328 g/mol. The third kappa shape index (κ3) is 2.64. The Balaban J connectivity index is 1.49. The van der Waals surface area contributed by atoms with E-state index < -0.39 is 0 Å². The van der Waals surface area contributed by atoms with Crippen molar-refractivity contribution in [2.45, 2.75) is 6.42 Å². The Hall–Kier alpha value is -3.20. The molecular formula is C22H16O3. The van der Waals surface area contributed by atoms with Gasteiger partial charge in [0.2, 0.25) is 6.79 Å². The van der Waals surface area contributed by atoms with Crippen molar-refractivity contribution in [3.8, 4) is 22.6 Å². The Bertz CT molecular complexity index is 1050. The molecule has 3 heteroatoms. The van der Waals surface area contributed by atoms with E-state index in [1.807, 2.05) is 24.3 Å². The molecule has 0 N–H and O–H groups in total. The summed E-state index contributed by atoms with van der Waals surface area (Å²) in [5.74, 6) is 2.58. The van der Waals surface area contributed by atoms with Gasteiger partial charge in [-0.2, -0.15) is 0 Å². The zero-order valence-electron chi connectivity index (χ0n) is 13.6. The Morgan fingerprint density at radius 2 is 1.52 bits per heavy atom. The van der Waals surface area contributed by atoms with E-state index in [0.717, 1.165) is 45.8 Å². The summed E-state index contributed by atoms with van der Waals surface area (Å²) in [5, 5.41) is 1.11. The van der Waals surface area contributed by atoms with E-state index in [0.29, 0.717) is 6.79 Å². The monoisotopic (exact) mass is 328 g/mol. The summed E-state index contributed by atoms with van der Waals surface area (Å²) in [7, 11) is 0. The van der Waals surface area contributed by atoms with Gasteiger partial charge in [-0.3, -0.25) is 0 Å². The van der Waals surface area contributed by atoms with E-state index >= 15 is 0 Å². The minimum absolute atomic E-state index is 0.294. The molecule has 5 rings (SSSR count). The van der Waals surface area contributed by atoms with Gasteiger partial charge in [-0.1, -0.05) is 42.5 Å². The highest BCUT2D eigenvalue weighted by atomic mass is 16.7. The highest BCUT2D eigenvalue weighted by molar-refractivity contribution is 5.84. The highest BCUT2D eigenvalue weighted by Crippen LogP contribution is 2.36. The Morgan fingerprint density at radius 1 is 0.720 bits per heavy atom. The minimum Gasteiger partial charge on any atom is -0.461 e. The first-order chi connectivity index (χ1) is 12.3. The van der Waals surface area contributed by atoms with Crippen molar-refractivity contribution in [1.29, 1.82) is 0 Å². The molecule has 1 aliphatic rings. The van der Waals surface area contributed by atoms with E-state index in [1.165, 1.54) is 5.56 Å². The molecule has 3 aromatic carbocycles. The fourth-order valence-corrected chi connectivity index (χ4v) is 3.24. The molecule has 2 heterocycles. The minimum atomic E-state index is 0.294. The second-order valence-electron chi connectivity index (χ2n) is 6.20. The predicted molar refractivity (Wildman–Crippen MR) is 97.0 cm³/mol. The molecule has 0 aliphatic carbocycles. The van der Waals surface area contributed by atoms with Gasteiger partial charge in [-0.25, -0.2) is 0 Å². The standard InChI is InChI=1S/C22H16O3/c1-2-4-15(5-3-1)10-19-12-18-11-16(6-8-20(18)25-19)17-7-9-21-22(13-17)24-14-23-21/h1-9,11-13H,10,14H2. The normalized spacial score (nSPS) is 12.6. The summed E-state index contributed by atoms with van der Waals surface area (Å²) in [6.45, 7) is 0.294. The van der Waals surface area contributed by atoms with Crippen LogP contribution in [-0.4, -0.2) is 6.79 Å². The zero-order valence-corrected chi connectivity index (χ0v) is 13.6. The Labute approximate surface area is 145 Å². The van der Waals surface area contributed by atoms with Gasteiger partial charge >= 0.3 is 0 Å². The molecule has 0 fully saturated rings. The smallest absolute Gasteiger partial charge is 0.231 e. The molecule has 25 heavy (non-hydrogen) atoms. The SMILES string of the molecule is c1ccc(Cc2cc3cc(-c4ccc5c(c4)OCO5)ccc3o2)cc1. The largest absolute Gasteiger partial charge is 0.461 e. The number of furan rings is 1. The lowest BCUT2D eigenvalue weighted by Gasteiger charge is -2.03. The molecule has 0 saturated heterocycles. The van der Waals surface area contributed by atoms with Gasteiger partial charge < -0.3 is 13.9 Å². The number of rotatable bonds is 3. The third-order valence-corrected chi connectivity index (χ3v) is 4.49. The van der Waals surface area contributed by atoms with Crippen LogP contribution < -0.4 is 9.47 Å². The molecule has 0 unspecified atom stereocenters. The van der Waals surface area contributed by atoms with Crippen molar-refractivity contribution in [1.82, 2.24) is 0 Å². The second-order valence-corrected chi connectivity index (χ2v) is 6.20. The Kier molecular flexibility index (Phi) is 3.23. The molecule has 1 aromatic heterocycles. The van der Waals surface area contributed by atoms with Crippen molar-refractivity contribution in [3.63, 3.8) is 0 Å². The lowest BCUT2D eigenvalue weighted by molar-refractivity contribution is 0.174. The van der Waals surface area contributed by atoms with Gasteiger partial charge in [0.25, 0.3) is 0 Å². The van der Waals surface area contributed by atoms with Crippen LogP contribution in [0.15, 0.2) is 77.2 Å².